The maximum Gasteiger partial charge on any atom is 0.0694 e. The number of benzene rings is 2. The molecule has 3 rings (SSSR count). The molecule has 0 radical (unpaired) electrons. The van der Waals surface area contributed by atoms with Gasteiger partial charge in [-0.25, -0.2) is 0 Å². The van der Waals surface area contributed by atoms with Crippen molar-refractivity contribution in [3.8, 4) is 11.3 Å². The first kappa shape index (κ1) is 13.7. The molecule has 21 heavy (non-hydrogen) atoms. The quantitative estimate of drug-likeness (QED) is 0.658. The van der Waals surface area contributed by atoms with Gasteiger partial charge < -0.3 is 10.3 Å². The van der Waals surface area contributed by atoms with Crippen LogP contribution in [0.25, 0.3) is 22.2 Å². The van der Waals surface area contributed by atoms with Gasteiger partial charge in [0.25, 0.3) is 0 Å². The zero-order chi connectivity index (χ0) is 14.7. The first-order chi connectivity index (χ1) is 10.3. The van der Waals surface area contributed by atoms with E-state index in [-0.39, 0.29) is 0 Å². The SMILES string of the molecule is CCCc1cc(NCC)c2[nH]c(-c3ccccc3)cc2c1. The third kappa shape index (κ3) is 2.80. The smallest absolute Gasteiger partial charge is 0.0694 e. The van der Waals surface area contributed by atoms with Gasteiger partial charge in [-0.1, -0.05) is 43.7 Å². The number of H-pyrrole nitrogens is 1. The molecule has 0 aliphatic carbocycles. The minimum atomic E-state index is 0.935. The molecule has 1 aromatic heterocycles. The largest absolute Gasteiger partial charge is 0.384 e. The molecule has 0 aliphatic rings. The van der Waals surface area contributed by atoms with Gasteiger partial charge in [0, 0.05) is 17.6 Å². The van der Waals surface area contributed by atoms with Crippen molar-refractivity contribution < 1.29 is 0 Å². The monoisotopic (exact) mass is 278 g/mol. The standard InChI is InChI=1S/C19H22N2/c1-3-8-14-11-16-13-17(15-9-6-5-7-10-15)21-19(16)18(12-14)20-4-2/h5-7,9-13,20-21H,3-4,8H2,1-2H3. The van der Waals surface area contributed by atoms with E-state index < -0.39 is 0 Å². The summed E-state index contributed by atoms with van der Waals surface area (Å²) in [5, 5.41) is 4.77. The number of hydrogen-bond donors (Lipinski definition) is 2. The maximum atomic E-state index is 3.57. The number of aryl methyl sites for hydroxylation is 1. The summed E-state index contributed by atoms with van der Waals surface area (Å²) in [4.78, 5) is 3.57. The Morgan fingerprint density at radius 3 is 2.52 bits per heavy atom. The van der Waals surface area contributed by atoms with Crippen molar-refractivity contribution in [3.05, 3.63) is 54.1 Å². The highest BCUT2D eigenvalue weighted by Gasteiger charge is 2.08. The lowest BCUT2D eigenvalue weighted by atomic mass is 10.1. The van der Waals surface area contributed by atoms with Gasteiger partial charge in [-0.2, -0.15) is 0 Å². The molecule has 0 atom stereocenters. The molecule has 0 saturated heterocycles. The molecule has 2 nitrogen and oxygen atoms in total. The molecule has 3 aromatic rings. The average molecular weight is 278 g/mol. The molecule has 108 valence electrons. The fourth-order valence-electron chi connectivity index (χ4n) is 2.84. The Labute approximate surface area is 126 Å². The number of nitrogens with one attached hydrogen (secondary N) is 2. The van der Waals surface area contributed by atoms with Crippen molar-refractivity contribution in [3.63, 3.8) is 0 Å². The lowest BCUT2D eigenvalue weighted by molar-refractivity contribution is 0.923. The van der Waals surface area contributed by atoms with Crippen LogP contribution in [-0.2, 0) is 6.42 Å². The third-order valence-electron chi connectivity index (χ3n) is 3.78. The fraction of sp³-hybridized carbons (Fsp3) is 0.263. The molecule has 2 N–H and O–H groups in total. The minimum Gasteiger partial charge on any atom is -0.384 e. The van der Waals surface area contributed by atoms with Crippen molar-refractivity contribution in [2.45, 2.75) is 26.7 Å². The van der Waals surface area contributed by atoms with Gasteiger partial charge in [0.05, 0.1) is 11.2 Å². The van der Waals surface area contributed by atoms with Crippen molar-refractivity contribution in [1.82, 2.24) is 4.98 Å². The summed E-state index contributed by atoms with van der Waals surface area (Å²) in [5.74, 6) is 0. The van der Waals surface area contributed by atoms with E-state index in [1.165, 1.54) is 39.8 Å². The molecule has 0 bridgehead atoms. The van der Waals surface area contributed by atoms with E-state index in [9.17, 15) is 0 Å². The minimum absolute atomic E-state index is 0.935. The summed E-state index contributed by atoms with van der Waals surface area (Å²) in [6.07, 6.45) is 2.30. The number of rotatable bonds is 5. The molecule has 2 heteroatoms. The van der Waals surface area contributed by atoms with Crippen LogP contribution in [0.1, 0.15) is 25.8 Å². The van der Waals surface area contributed by atoms with Gasteiger partial charge in [-0.15, -0.1) is 0 Å². The number of anilines is 1. The molecule has 0 spiro atoms. The summed E-state index contributed by atoms with van der Waals surface area (Å²) >= 11 is 0. The Morgan fingerprint density at radius 1 is 1.00 bits per heavy atom. The second-order valence-electron chi connectivity index (χ2n) is 5.44. The van der Waals surface area contributed by atoms with Crippen molar-refractivity contribution in [1.29, 1.82) is 0 Å². The van der Waals surface area contributed by atoms with Crippen LogP contribution in [-0.4, -0.2) is 11.5 Å². The Bertz CT molecular complexity index is 726. The number of fused-ring (bicyclic) bond motifs is 1. The van der Waals surface area contributed by atoms with Gasteiger partial charge in [-0.3, -0.25) is 0 Å². The van der Waals surface area contributed by atoms with Crippen LogP contribution in [0.5, 0.6) is 0 Å². The maximum absolute atomic E-state index is 3.57. The van der Waals surface area contributed by atoms with E-state index in [0.717, 1.165) is 13.0 Å². The zero-order valence-corrected chi connectivity index (χ0v) is 12.7. The molecule has 0 unspecified atom stereocenters. The molecule has 0 saturated carbocycles. The van der Waals surface area contributed by atoms with Crippen LogP contribution >= 0.6 is 0 Å². The van der Waals surface area contributed by atoms with Crippen LogP contribution < -0.4 is 5.32 Å². The van der Waals surface area contributed by atoms with E-state index in [2.05, 4.69) is 72.7 Å². The molecule has 1 heterocycles. The second-order valence-corrected chi connectivity index (χ2v) is 5.44. The Balaban J connectivity index is 2.12. The lowest BCUT2D eigenvalue weighted by Crippen LogP contribution is -1.98. The van der Waals surface area contributed by atoms with Gasteiger partial charge in [-0.05, 0) is 42.7 Å². The number of aromatic amines is 1. The van der Waals surface area contributed by atoms with Crippen molar-refractivity contribution in [2.24, 2.45) is 0 Å². The van der Waals surface area contributed by atoms with Crippen LogP contribution in [0.2, 0.25) is 0 Å². The predicted octanol–water partition coefficient (Wildman–Crippen LogP) is 5.22. The van der Waals surface area contributed by atoms with E-state index in [1.807, 2.05) is 0 Å². The van der Waals surface area contributed by atoms with Crippen LogP contribution in [0.15, 0.2) is 48.5 Å². The zero-order valence-electron chi connectivity index (χ0n) is 12.7. The van der Waals surface area contributed by atoms with E-state index in [1.54, 1.807) is 0 Å². The Kier molecular flexibility index (Phi) is 3.96. The molecule has 2 aromatic carbocycles. The third-order valence-corrected chi connectivity index (χ3v) is 3.78. The number of hydrogen-bond acceptors (Lipinski definition) is 1. The topological polar surface area (TPSA) is 27.8 Å². The average Bonchev–Trinajstić information content (AvgIpc) is 2.93. The van der Waals surface area contributed by atoms with Gasteiger partial charge in [0.1, 0.15) is 0 Å². The molecule has 0 amide bonds. The van der Waals surface area contributed by atoms with Gasteiger partial charge >= 0.3 is 0 Å². The van der Waals surface area contributed by atoms with Gasteiger partial charge in [0.2, 0.25) is 0 Å². The van der Waals surface area contributed by atoms with E-state index in [4.69, 9.17) is 0 Å². The Hall–Kier alpha value is -2.22. The molecular formula is C19H22N2. The normalized spacial score (nSPS) is 11.0. The van der Waals surface area contributed by atoms with Gasteiger partial charge in [0.15, 0.2) is 0 Å². The summed E-state index contributed by atoms with van der Waals surface area (Å²) in [5.41, 5.74) is 6.22. The molecular weight excluding hydrogens is 256 g/mol. The highest BCUT2D eigenvalue weighted by atomic mass is 14.9. The van der Waals surface area contributed by atoms with E-state index >= 15 is 0 Å². The van der Waals surface area contributed by atoms with Crippen molar-refractivity contribution in [2.75, 3.05) is 11.9 Å². The molecule has 0 fully saturated rings. The first-order valence-electron chi connectivity index (χ1n) is 7.76. The Morgan fingerprint density at radius 2 is 1.81 bits per heavy atom. The second kappa shape index (κ2) is 6.04. The predicted molar refractivity (Wildman–Crippen MR) is 91.9 cm³/mol. The summed E-state index contributed by atoms with van der Waals surface area (Å²) in [7, 11) is 0. The summed E-state index contributed by atoms with van der Waals surface area (Å²) in [6, 6.07) is 17.3. The summed E-state index contributed by atoms with van der Waals surface area (Å²) < 4.78 is 0. The molecule has 0 aliphatic heterocycles. The highest BCUT2D eigenvalue weighted by Crippen LogP contribution is 2.30. The van der Waals surface area contributed by atoms with Crippen LogP contribution in [0.3, 0.4) is 0 Å². The summed E-state index contributed by atoms with van der Waals surface area (Å²) in [6.45, 7) is 5.30. The lowest BCUT2D eigenvalue weighted by Gasteiger charge is -2.08. The van der Waals surface area contributed by atoms with Crippen LogP contribution in [0, 0.1) is 0 Å². The fourth-order valence-corrected chi connectivity index (χ4v) is 2.84. The highest BCUT2D eigenvalue weighted by molar-refractivity contribution is 5.95. The van der Waals surface area contributed by atoms with E-state index in [0.29, 0.717) is 0 Å². The van der Waals surface area contributed by atoms with Crippen molar-refractivity contribution >= 4 is 16.6 Å². The van der Waals surface area contributed by atoms with Crippen LogP contribution in [0.4, 0.5) is 5.69 Å². The number of aromatic nitrogens is 1. The first-order valence-corrected chi connectivity index (χ1v) is 7.76.